The fourth-order valence-electron chi connectivity index (χ4n) is 0.999. The Morgan fingerprint density at radius 2 is 1.89 bits per heavy atom. The Morgan fingerprint density at radius 3 is 2.42 bits per heavy atom. The van der Waals surface area contributed by atoms with E-state index in [1.54, 1.807) is 0 Å². The van der Waals surface area contributed by atoms with Crippen LogP contribution in [0, 0.1) is 0 Å². The quantitative estimate of drug-likeness (QED) is 0.630. The first-order valence-electron chi connectivity index (χ1n) is 5.01. The normalized spacial score (nSPS) is 12.0. The van der Waals surface area contributed by atoms with E-state index in [-0.39, 0.29) is 12.1 Å². The zero-order valence-electron chi connectivity index (χ0n) is 9.64. The lowest BCUT2D eigenvalue weighted by molar-refractivity contribution is -0.119. The zero-order valence-corrected chi connectivity index (χ0v) is 10.5. The number of carbonyl (C=O) groups excluding carboxylic acids is 1. The minimum Gasteiger partial charge on any atom is -0.374 e. The zero-order chi connectivity index (χ0) is 14.7. The molecule has 1 rings (SSSR count). The van der Waals surface area contributed by atoms with Crippen LogP contribution in [0.4, 0.5) is 18.9 Å². The third-order valence-corrected chi connectivity index (χ3v) is 2.86. The second-order valence-electron chi connectivity index (χ2n) is 3.31. The second-order valence-corrected chi connectivity index (χ2v) is 4.85. The topological polar surface area (TPSA) is 74.5 Å². The number of rotatable bonds is 4. The number of amides is 1. The number of nitrogens with zero attached hydrogens (tertiary/aromatic N) is 1. The summed E-state index contributed by atoms with van der Waals surface area (Å²) in [5.41, 5.74) is -5.82. The summed E-state index contributed by atoms with van der Waals surface area (Å²) in [6.07, 6.45) is 0.0281. The highest BCUT2D eigenvalue weighted by Gasteiger charge is 2.48. The molecule has 9 heteroatoms. The first kappa shape index (κ1) is 15.3. The molecular weight excluding hydrogens is 287 g/mol. The number of hydrogen-bond donors (Lipinski definition) is 0. The molecule has 0 bridgehead atoms. The fraction of sp³-hybridized carbons (Fsp3) is 0.300. The van der Waals surface area contributed by atoms with Crippen molar-refractivity contribution in [1.29, 1.82) is 0 Å². The van der Waals surface area contributed by atoms with E-state index in [0.29, 0.717) is 0 Å². The fourth-order valence-corrected chi connectivity index (χ4v) is 1.47. The highest BCUT2D eigenvalue weighted by molar-refractivity contribution is 7.88. The van der Waals surface area contributed by atoms with Gasteiger partial charge in [0.05, 0.1) is 0 Å². The predicted octanol–water partition coefficient (Wildman–Crippen LogP) is 2.09. The lowest BCUT2D eigenvalue weighted by Crippen LogP contribution is -2.28. The van der Waals surface area contributed by atoms with Crippen LogP contribution in [0.25, 0.3) is 0 Å². The van der Waals surface area contributed by atoms with Crippen molar-refractivity contribution in [2.75, 3.05) is 0 Å². The van der Waals surface area contributed by atoms with Gasteiger partial charge in [0.25, 0.3) is 0 Å². The SMILES string of the molecule is CCC(=O)[N]c1ccccc1OS(=O)(=O)C(F)(F)F. The third-order valence-electron chi connectivity index (χ3n) is 1.90. The molecule has 0 heterocycles. The molecule has 5 nitrogen and oxygen atoms in total. The summed E-state index contributed by atoms with van der Waals surface area (Å²) in [5, 5.41) is 3.45. The van der Waals surface area contributed by atoms with Crippen molar-refractivity contribution >= 4 is 21.7 Å². The highest BCUT2D eigenvalue weighted by Crippen LogP contribution is 2.31. The summed E-state index contributed by atoms with van der Waals surface area (Å²) in [5.74, 6) is -1.26. The summed E-state index contributed by atoms with van der Waals surface area (Å²) in [4.78, 5) is 11.1. The molecule has 1 aromatic carbocycles. The van der Waals surface area contributed by atoms with Crippen molar-refractivity contribution in [3.63, 3.8) is 0 Å². The van der Waals surface area contributed by atoms with Gasteiger partial charge in [-0.25, -0.2) is 5.32 Å². The van der Waals surface area contributed by atoms with Gasteiger partial charge in [0.15, 0.2) is 5.75 Å². The summed E-state index contributed by atoms with van der Waals surface area (Å²) < 4.78 is 62.2. The number of halogens is 3. The number of hydrogen-bond acceptors (Lipinski definition) is 4. The van der Waals surface area contributed by atoms with Gasteiger partial charge in [0, 0.05) is 6.42 Å². The van der Waals surface area contributed by atoms with E-state index >= 15 is 0 Å². The minimum atomic E-state index is -5.79. The van der Waals surface area contributed by atoms with Crippen LogP contribution in [0.3, 0.4) is 0 Å². The average Bonchev–Trinajstić information content (AvgIpc) is 2.29. The molecule has 0 aromatic heterocycles. The molecule has 0 aliphatic heterocycles. The van der Waals surface area contributed by atoms with Crippen LogP contribution in [0.5, 0.6) is 5.75 Å². The number of carbonyl (C=O) groups is 1. The Balaban J connectivity index is 3.06. The number of alkyl halides is 3. The van der Waals surface area contributed by atoms with Gasteiger partial charge in [0.1, 0.15) is 5.69 Å². The van der Waals surface area contributed by atoms with E-state index in [4.69, 9.17) is 0 Å². The maximum atomic E-state index is 12.2. The molecule has 0 fully saturated rings. The molecule has 0 aliphatic carbocycles. The predicted molar refractivity (Wildman–Crippen MR) is 59.1 cm³/mol. The lowest BCUT2D eigenvalue weighted by atomic mass is 10.3. The molecule has 0 N–H and O–H groups in total. The van der Waals surface area contributed by atoms with Crippen LogP contribution in [-0.4, -0.2) is 19.8 Å². The van der Waals surface area contributed by atoms with E-state index in [2.05, 4.69) is 9.50 Å². The Bertz CT molecular complexity index is 568. The molecule has 1 amide bonds. The first-order chi connectivity index (χ1) is 8.67. The van der Waals surface area contributed by atoms with Crippen molar-refractivity contribution < 1.29 is 30.6 Å². The molecule has 1 aromatic rings. The van der Waals surface area contributed by atoms with Crippen molar-refractivity contribution in [3.05, 3.63) is 24.3 Å². The summed E-state index contributed by atoms with van der Waals surface area (Å²) in [6, 6.07) is 4.80. The molecule has 19 heavy (non-hydrogen) atoms. The van der Waals surface area contributed by atoms with Crippen LogP contribution in [0.1, 0.15) is 13.3 Å². The van der Waals surface area contributed by atoms with E-state index < -0.39 is 27.3 Å². The van der Waals surface area contributed by atoms with Gasteiger partial charge in [-0.1, -0.05) is 19.1 Å². The summed E-state index contributed by atoms with van der Waals surface area (Å²) in [6.45, 7) is 1.50. The summed E-state index contributed by atoms with van der Waals surface area (Å²) in [7, 11) is -5.79. The van der Waals surface area contributed by atoms with Gasteiger partial charge >= 0.3 is 15.6 Å². The standard InChI is InChI=1S/C10H9F3NO4S/c1-2-9(15)14-7-5-3-4-6-8(7)18-19(16,17)10(11,12)13/h3-6H,2H2,1H3. The van der Waals surface area contributed by atoms with Crippen molar-refractivity contribution in [2.24, 2.45) is 0 Å². The van der Waals surface area contributed by atoms with Gasteiger partial charge in [0.2, 0.25) is 5.91 Å². The van der Waals surface area contributed by atoms with E-state index in [0.717, 1.165) is 6.07 Å². The third kappa shape index (κ3) is 3.85. The van der Waals surface area contributed by atoms with E-state index in [1.807, 2.05) is 0 Å². The first-order valence-corrected chi connectivity index (χ1v) is 6.42. The van der Waals surface area contributed by atoms with Crippen LogP contribution in [-0.2, 0) is 14.9 Å². The van der Waals surface area contributed by atoms with Crippen LogP contribution >= 0.6 is 0 Å². The van der Waals surface area contributed by atoms with Crippen LogP contribution < -0.4 is 9.50 Å². The monoisotopic (exact) mass is 296 g/mol. The Hall–Kier alpha value is -1.77. The summed E-state index contributed by atoms with van der Waals surface area (Å²) >= 11 is 0. The van der Waals surface area contributed by atoms with Gasteiger partial charge in [-0.15, -0.1) is 0 Å². The largest absolute Gasteiger partial charge is 0.534 e. The molecule has 0 saturated heterocycles. The van der Waals surface area contributed by atoms with Crippen molar-refractivity contribution in [1.82, 2.24) is 5.32 Å². The molecule has 0 spiro atoms. The minimum absolute atomic E-state index is 0.0281. The number of para-hydroxylation sites is 2. The highest BCUT2D eigenvalue weighted by atomic mass is 32.2. The van der Waals surface area contributed by atoms with Crippen molar-refractivity contribution in [3.8, 4) is 5.75 Å². The molecule has 0 unspecified atom stereocenters. The number of benzene rings is 1. The maximum absolute atomic E-state index is 12.2. The molecule has 0 atom stereocenters. The smallest absolute Gasteiger partial charge is 0.374 e. The second kappa shape index (κ2) is 5.47. The van der Waals surface area contributed by atoms with E-state index in [9.17, 15) is 26.4 Å². The molecule has 0 saturated carbocycles. The molecule has 105 valence electrons. The van der Waals surface area contributed by atoms with Crippen molar-refractivity contribution in [2.45, 2.75) is 18.9 Å². The Morgan fingerprint density at radius 1 is 1.32 bits per heavy atom. The van der Waals surface area contributed by atoms with Gasteiger partial charge in [-0.2, -0.15) is 21.6 Å². The molecule has 0 aliphatic rings. The average molecular weight is 296 g/mol. The van der Waals surface area contributed by atoms with Gasteiger partial charge in [-0.3, -0.25) is 4.79 Å². The Labute approximate surface area is 107 Å². The van der Waals surface area contributed by atoms with Gasteiger partial charge < -0.3 is 4.18 Å². The van der Waals surface area contributed by atoms with Crippen LogP contribution in [0.2, 0.25) is 0 Å². The maximum Gasteiger partial charge on any atom is 0.534 e. The molecule has 1 radical (unpaired) electrons. The van der Waals surface area contributed by atoms with Gasteiger partial charge in [-0.05, 0) is 12.1 Å². The Kier molecular flexibility index (Phi) is 4.40. The molecular formula is C10H9F3NO4S. The van der Waals surface area contributed by atoms with Crippen LogP contribution in [0.15, 0.2) is 24.3 Å². The lowest BCUT2D eigenvalue weighted by Gasteiger charge is -2.11. The van der Waals surface area contributed by atoms with E-state index in [1.165, 1.54) is 25.1 Å².